The Labute approximate surface area is 225 Å². The lowest BCUT2D eigenvalue weighted by Crippen LogP contribution is -2.20. The minimum atomic E-state index is -0.997. The highest BCUT2D eigenvalue weighted by atomic mass is 16.5. The molecule has 0 saturated heterocycles. The van der Waals surface area contributed by atoms with Gasteiger partial charge in [-0.25, -0.2) is 4.79 Å². The summed E-state index contributed by atoms with van der Waals surface area (Å²) < 4.78 is 16.6. The third-order valence-corrected chi connectivity index (χ3v) is 7.33. The van der Waals surface area contributed by atoms with E-state index in [0.29, 0.717) is 17.8 Å². The van der Waals surface area contributed by atoms with Gasteiger partial charge in [0.1, 0.15) is 35.0 Å². The van der Waals surface area contributed by atoms with E-state index in [1.165, 1.54) is 0 Å². The van der Waals surface area contributed by atoms with E-state index < -0.39 is 11.2 Å². The molecule has 0 radical (unpaired) electrons. The summed E-state index contributed by atoms with van der Waals surface area (Å²) in [6, 6.07) is 11.0. The van der Waals surface area contributed by atoms with Crippen LogP contribution >= 0.6 is 0 Å². The van der Waals surface area contributed by atoms with Gasteiger partial charge in [0.05, 0.1) is 18.1 Å². The van der Waals surface area contributed by atoms with Crippen LogP contribution in [0.2, 0.25) is 0 Å². The zero-order chi connectivity index (χ0) is 27.9. The summed E-state index contributed by atoms with van der Waals surface area (Å²) in [6.07, 6.45) is 4.67. The minimum absolute atomic E-state index is 0.00315. The predicted octanol–water partition coefficient (Wildman–Crippen LogP) is 4.46. The summed E-state index contributed by atoms with van der Waals surface area (Å²) in [5.74, 6) is 6.14. The number of hydrogen-bond acceptors (Lipinski definition) is 8. The molecule has 8 nitrogen and oxygen atoms in total. The molecule has 0 N–H and O–H groups in total. The molecule has 1 saturated carbocycles. The van der Waals surface area contributed by atoms with Crippen molar-refractivity contribution in [3.8, 4) is 30.0 Å². The van der Waals surface area contributed by atoms with Crippen LogP contribution in [0.4, 0.5) is 0 Å². The smallest absolute Gasteiger partial charge is 0.343 e. The van der Waals surface area contributed by atoms with Crippen molar-refractivity contribution in [3.63, 3.8) is 0 Å². The second-order valence-corrected chi connectivity index (χ2v) is 10.1. The van der Waals surface area contributed by atoms with E-state index in [1.54, 1.807) is 57.2 Å². The lowest BCUT2D eigenvalue weighted by atomic mass is 9.94. The van der Waals surface area contributed by atoms with Crippen LogP contribution in [0, 0.1) is 63.6 Å². The van der Waals surface area contributed by atoms with E-state index >= 15 is 0 Å². The van der Waals surface area contributed by atoms with Gasteiger partial charge in [-0.3, -0.25) is 4.79 Å². The zero-order valence-corrected chi connectivity index (χ0v) is 21.6. The van der Waals surface area contributed by atoms with Crippen LogP contribution in [0.3, 0.4) is 0 Å². The molecule has 1 aromatic heterocycles. The Morgan fingerprint density at radius 3 is 2.67 bits per heavy atom. The molecule has 3 unspecified atom stereocenters. The highest BCUT2D eigenvalue weighted by molar-refractivity contribution is 5.82. The molecular weight excluding hydrogens is 494 g/mol. The highest BCUT2D eigenvalue weighted by Crippen LogP contribution is 2.50. The van der Waals surface area contributed by atoms with E-state index in [1.807, 2.05) is 12.1 Å². The maximum absolute atomic E-state index is 12.8. The molecular formula is C31H23N3O5. The molecule has 2 heterocycles. The third-order valence-electron chi connectivity index (χ3n) is 7.33. The Morgan fingerprint density at radius 1 is 1.21 bits per heavy atom. The van der Waals surface area contributed by atoms with Crippen molar-refractivity contribution in [2.24, 2.45) is 17.8 Å². The quantitative estimate of drug-likeness (QED) is 0.251. The van der Waals surface area contributed by atoms with Gasteiger partial charge in [0.15, 0.2) is 11.3 Å². The van der Waals surface area contributed by atoms with Crippen molar-refractivity contribution in [1.29, 1.82) is 15.8 Å². The fourth-order valence-corrected chi connectivity index (χ4v) is 5.30. The highest BCUT2D eigenvalue weighted by Gasteiger charge is 2.54. The molecule has 0 bridgehead atoms. The lowest BCUT2D eigenvalue weighted by molar-refractivity contribution is -0.145. The van der Waals surface area contributed by atoms with Crippen LogP contribution < -0.4 is 5.63 Å². The molecule has 1 aromatic carbocycles. The number of hydrogen-bond donors (Lipinski definition) is 0. The van der Waals surface area contributed by atoms with Crippen molar-refractivity contribution < 1.29 is 18.7 Å². The number of benzene rings is 1. The van der Waals surface area contributed by atoms with Crippen LogP contribution in [0.5, 0.6) is 0 Å². The Balaban J connectivity index is 1.49. The Kier molecular flexibility index (Phi) is 6.35. The molecule has 5 rings (SSSR count). The average Bonchev–Trinajstić information content (AvgIpc) is 3.52. The molecule has 39 heavy (non-hydrogen) atoms. The van der Waals surface area contributed by atoms with Gasteiger partial charge in [0.25, 0.3) is 0 Å². The van der Waals surface area contributed by atoms with Gasteiger partial charge >= 0.3 is 11.6 Å². The number of aryl methyl sites for hydroxylation is 1. The first-order valence-corrected chi connectivity index (χ1v) is 12.6. The molecule has 3 aliphatic rings. The molecule has 3 atom stereocenters. The molecule has 2 aromatic rings. The summed E-state index contributed by atoms with van der Waals surface area (Å²) >= 11 is 0. The lowest BCUT2D eigenvalue weighted by Gasteiger charge is -2.20. The van der Waals surface area contributed by atoms with Gasteiger partial charge in [-0.15, -0.1) is 0 Å². The molecule has 0 spiro atoms. The van der Waals surface area contributed by atoms with Gasteiger partial charge < -0.3 is 13.9 Å². The Bertz CT molecular complexity index is 1760. The maximum atomic E-state index is 12.8. The topological polar surface area (TPSA) is 137 Å². The van der Waals surface area contributed by atoms with E-state index in [4.69, 9.17) is 13.9 Å². The summed E-state index contributed by atoms with van der Waals surface area (Å²) in [4.78, 5) is 25.1. The molecule has 8 heteroatoms. The molecule has 1 fully saturated rings. The first-order valence-electron chi connectivity index (χ1n) is 12.6. The van der Waals surface area contributed by atoms with E-state index in [9.17, 15) is 25.4 Å². The number of carbonyl (C=O) groups excluding carboxylic acids is 1. The molecule has 0 amide bonds. The van der Waals surface area contributed by atoms with E-state index in [0.717, 1.165) is 29.4 Å². The maximum Gasteiger partial charge on any atom is 0.343 e. The monoisotopic (exact) mass is 517 g/mol. The van der Waals surface area contributed by atoms with Crippen LogP contribution in [-0.2, 0) is 20.7 Å². The van der Waals surface area contributed by atoms with Gasteiger partial charge in [0.2, 0.25) is 0 Å². The van der Waals surface area contributed by atoms with Gasteiger partial charge in [-0.05, 0) is 69.4 Å². The van der Waals surface area contributed by atoms with Crippen molar-refractivity contribution in [1.82, 2.24) is 0 Å². The SMILES string of the molecule is CCOC(=O)C1C2C#Cc3cc4oc(=O)c(/C=C/C5=C(C#N)C(=C(C#N)C#N)OC5(C)C)cc4cc3CCC21. The third kappa shape index (κ3) is 4.48. The van der Waals surface area contributed by atoms with Crippen LogP contribution in [0.1, 0.15) is 43.9 Å². The summed E-state index contributed by atoms with van der Waals surface area (Å²) in [5, 5.41) is 29.0. The fourth-order valence-electron chi connectivity index (χ4n) is 5.30. The fraction of sp³-hybridized carbons (Fsp3) is 0.323. The number of carbonyl (C=O) groups is 1. The second kappa shape index (κ2) is 9.68. The number of rotatable bonds is 4. The summed E-state index contributed by atoms with van der Waals surface area (Å²) in [5.41, 5.74) is 1.11. The van der Waals surface area contributed by atoms with Crippen LogP contribution in [0.15, 0.2) is 56.0 Å². The van der Waals surface area contributed by atoms with Crippen molar-refractivity contribution in [2.75, 3.05) is 6.61 Å². The van der Waals surface area contributed by atoms with Crippen LogP contribution in [0.25, 0.3) is 17.0 Å². The first-order chi connectivity index (χ1) is 18.7. The standard InChI is InChI=1S/C31H23N3O5/c1-4-37-30(36)27-22-8-5-17-11-20-12-19(29(35)38-26(20)13-18(17)6-9-23(22)27)7-10-25-24(16-34)28(21(14-32)15-33)39-31(25,2)3/h7,10-13,22-23,27H,4-5,8H2,1-3H3/b10-7+. The van der Waals surface area contributed by atoms with Crippen molar-refractivity contribution in [2.45, 2.75) is 39.2 Å². The number of nitriles is 3. The van der Waals surface area contributed by atoms with E-state index in [2.05, 4.69) is 11.8 Å². The number of ether oxygens (including phenoxy) is 2. The molecule has 2 aliphatic carbocycles. The van der Waals surface area contributed by atoms with Gasteiger partial charge in [-0.2, -0.15) is 15.8 Å². The van der Waals surface area contributed by atoms with Crippen molar-refractivity contribution >= 4 is 23.0 Å². The second-order valence-electron chi connectivity index (χ2n) is 10.1. The number of allylic oxidation sites excluding steroid dienone is 2. The molecule has 192 valence electrons. The Morgan fingerprint density at radius 2 is 1.97 bits per heavy atom. The number of fused-ring (bicyclic) bond motifs is 3. The predicted molar refractivity (Wildman–Crippen MR) is 140 cm³/mol. The van der Waals surface area contributed by atoms with Gasteiger partial charge in [-0.1, -0.05) is 17.9 Å². The number of esters is 1. The molecule has 1 aliphatic heterocycles. The minimum Gasteiger partial charge on any atom is -0.480 e. The summed E-state index contributed by atoms with van der Waals surface area (Å²) in [6.45, 7) is 5.56. The average molecular weight is 518 g/mol. The Hall–Kier alpha value is -5.05. The number of nitrogens with zero attached hydrogens (tertiary/aromatic N) is 3. The van der Waals surface area contributed by atoms with Crippen LogP contribution in [-0.4, -0.2) is 18.2 Å². The first kappa shape index (κ1) is 25.6. The normalized spacial score (nSPS) is 22.2. The van der Waals surface area contributed by atoms with Gasteiger partial charge in [0, 0.05) is 22.4 Å². The zero-order valence-electron chi connectivity index (χ0n) is 21.6. The largest absolute Gasteiger partial charge is 0.480 e. The van der Waals surface area contributed by atoms with Crippen molar-refractivity contribution in [3.05, 3.63) is 73.9 Å². The summed E-state index contributed by atoms with van der Waals surface area (Å²) in [7, 11) is 0. The van der Waals surface area contributed by atoms with E-state index in [-0.39, 0.29) is 46.2 Å².